The zero-order valence-corrected chi connectivity index (χ0v) is 17.4. The molecule has 1 fully saturated rings. The average molecular weight is 395 g/mol. The Morgan fingerprint density at radius 3 is 2.39 bits per heavy atom. The maximum absolute atomic E-state index is 6.50. The summed E-state index contributed by atoms with van der Waals surface area (Å²) in [5.74, 6) is 1.76. The Kier molecular flexibility index (Phi) is 5.67. The number of hydrogen-bond donors (Lipinski definition) is 0. The fourth-order valence-electron chi connectivity index (χ4n) is 4.08. The second kappa shape index (κ2) is 8.36. The third kappa shape index (κ3) is 3.93. The molecule has 0 N–H and O–H groups in total. The Hall–Kier alpha value is -2.33. The van der Waals surface area contributed by atoms with E-state index in [0.29, 0.717) is 6.04 Å². The summed E-state index contributed by atoms with van der Waals surface area (Å²) in [5, 5.41) is 1.88. The minimum Gasteiger partial charge on any atom is -0.362 e. The molecule has 0 amide bonds. The molecule has 5 heteroatoms. The van der Waals surface area contributed by atoms with Crippen molar-refractivity contribution in [2.75, 3.05) is 23.9 Å². The number of hydrogen-bond acceptors (Lipinski definition) is 4. The lowest BCUT2D eigenvalue weighted by atomic mass is 9.94. The highest BCUT2D eigenvalue weighted by Gasteiger charge is 2.25. The van der Waals surface area contributed by atoms with E-state index in [-0.39, 0.29) is 0 Å². The maximum Gasteiger partial charge on any atom is 0.228 e. The molecule has 4 rings (SSSR count). The molecular weight excluding hydrogens is 368 g/mol. The number of aromatic nitrogens is 2. The first kappa shape index (κ1) is 19.0. The highest BCUT2D eigenvalue weighted by atomic mass is 35.5. The van der Waals surface area contributed by atoms with Crippen LogP contribution >= 0.6 is 11.6 Å². The number of nitrogens with zero attached hydrogens (tertiary/aromatic N) is 4. The Balaban J connectivity index is 1.80. The van der Waals surface area contributed by atoms with Crippen LogP contribution in [0.2, 0.25) is 5.02 Å². The monoisotopic (exact) mass is 394 g/mol. The van der Waals surface area contributed by atoms with Crippen LogP contribution in [0.4, 0.5) is 11.8 Å². The van der Waals surface area contributed by atoms with Crippen molar-refractivity contribution >= 4 is 34.3 Å². The van der Waals surface area contributed by atoms with Crippen molar-refractivity contribution in [1.29, 1.82) is 0 Å². The van der Waals surface area contributed by atoms with Gasteiger partial charge in [-0.25, -0.2) is 4.98 Å². The van der Waals surface area contributed by atoms with Crippen LogP contribution in [-0.4, -0.2) is 30.1 Å². The summed E-state index contributed by atoms with van der Waals surface area (Å²) in [5.41, 5.74) is 2.11. The molecule has 0 radical (unpaired) electrons. The summed E-state index contributed by atoms with van der Waals surface area (Å²) in [7, 11) is 4.08. The van der Waals surface area contributed by atoms with Crippen LogP contribution in [0.15, 0.2) is 48.5 Å². The lowest BCUT2D eigenvalue weighted by Crippen LogP contribution is -2.38. The fraction of sp³-hybridized carbons (Fsp3) is 0.391. The van der Waals surface area contributed by atoms with Gasteiger partial charge < -0.3 is 9.80 Å². The third-order valence-electron chi connectivity index (χ3n) is 5.57. The molecule has 146 valence electrons. The smallest absolute Gasteiger partial charge is 0.228 e. The zero-order chi connectivity index (χ0) is 19.5. The highest BCUT2D eigenvalue weighted by molar-refractivity contribution is 6.31. The Morgan fingerprint density at radius 2 is 1.64 bits per heavy atom. The van der Waals surface area contributed by atoms with Gasteiger partial charge in [0.15, 0.2) is 0 Å². The SMILES string of the molecule is CN(C)c1nc(N(Cc2ccccc2Cl)C2CCCCC2)nc2ccccc12. The van der Waals surface area contributed by atoms with E-state index < -0.39 is 0 Å². The van der Waals surface area contributed by atoms with Crippen molar-refractivity contribution in [3.8, 4) is 0 Å². The molecule has 1 saturated carbocycles. The Bertz CT molecular complexity index is 950. The second-order valence-corrected chi connectivity index (χ2v) is 8.18. The van der Waals surface area contributed by atoms with Gasteiger partial charge in [0.25, 0.3) is 0 Å². The van der Waals surface area contributed by atoms with Crippen LogP contribution in [0, 0.1) is 0 Å². The van der Waals surface area contributed by atoms with Gasteiger partial charge in [-0.15, -0.1) is 0 Å². The van der Waals surface area contributed by atoms with Crippen LogP contribution in [0.1, 0.15) is 37.7 Å². The minimum atomic E-state index is 0.446. The van der Waals surface area contributed by atoms with Gasteiger partial charge in [0, 0.05) is 37.1 Å². The van der Waals surface area contributed by atoms with Crippen LogP contribution in [0.3, 0.4) is 0 Å². The topological polar surface area (TPSA) is 32.3 Å². The third-order valence-corrected chi connectivity index (χ3v) is 5.93. The predicted molar refractivity (Wildman–Crippen MR) is 118 cm³/mol. The number of rotatable bonds is 5. The van der Waals surface area contributed by atoms with Gasteiger partial charge in [0.05, 0.1) is 5.52 Å². The van der Waals surface area contributed by atoms with Crippen molar-refractivity contribution in [1.82, 2.24) is 9.97 Å². The number of para-hydroxylation sites is 1. The maximum atomic E-state index is 6.50. The first-order chi connectivity index (χ1) is 13.6. The van der Waals surface area contributed by atoms with E-state index in [2.05, 4.69) is 28.0 Å². The molecule has 3 aromatic rings. The van der Waals surface area contributed by atoms with E-state index in [0.717, 1.165) is 39.8 Å². The van der Waals surface area contributed by atoms with Gasteiger partial charge >= 0.3 is 0 Å². The normalized spacial score (nSPS) is 15.0. The molecule has 0 unspecified atom stereocenters. The highest BCUT2D eigenvalue weighted by Crippen LogP contribution is 2.32. The summed E-state index contributed by atoms with van der Waals surface area (Å²) in [6.07, 6.45) is 6.20. The lowest BCUT2D eigenvalue weighted by molar-refractivity contribution is 0.409. The van der Waals surface area contributed by atoms with Gasteiger partial charge in [-0.2, -0.15) is 4.98 Å². The molecule has 0 atom stereocenters. The summed E-state index contributed by atoms with van der Waals surface area (Å²) in [4.78, 5) is 14.4. The van der Waals surface area contributed by atoms with Crippen molar-refractivity contribution in [3.63, 3.8) is 0 Å². The van der Waals surface area contributed by atoms with E-state index >= 15 is 0 Å². The summed E-state index contributed by atoms with van der Waals surface area (Å²) >= 11 is 6.50. The molecule has 2 aromatic carbocycles. The standard InChI is InChI=1S/C23H27ClN4/c1-27(2)22-19-13-7-9-15-21(19)25-23(26-22)28(18-11-4-3-5-12-18)16-17-10-6-8-14-20(17)24/h6-10,13-15,18H,3-5,11-12,16H2,1-2H3. The molecule has 1 heterocycles. The number of fused-ring (bicyclic) bond motifs is 1. The molecule has 0 spiro atoms. The first-order valence-corrected chi connectivity index (χ1v) is 10.5. The van der Waals surface area contributed by atoms with Crippen molar-refractivity contribution in [2.45, 2.75) is 44.7 Å². The van der Waals surface area contributed by atoms with Crippen molar-refractivity contribution in [2.24, 2.45) is 0 Å². The van der Waals surface area contributed by atoms with E-state index in [1.54, 1.807) is 0 Å². The van der Waals surface area contributed by atoms with Crippen LogP contribution in [-0.2, 0) is 6.54 Å². The molecule has 1 aliphatic rings. The largest absolute Gasteiger partial charge is 0.362 e. The molecule has 4 nitrogen and oxygen atoms in total. The molecule has 0 aliphatic heterocycles. The Labute approximate surface area is 172 Å². The van der Waals surface area contributed by atoms with Crippen LogP contribution < -0.4 is 9.80 Å². The molecule has 1 aliphatic carbocycles. The minimum absolute atomic E-state index is 0.446. The van der Waals surface area contributed by atoms with E-state index in [4.69, 9.17) is 21.6 Å². The van der Waals surface area contributed by atoms with Gasteiger partial charge in [-0.05, 0) is 36.6 Å². The molecular formula is C23H27ClN4. The quantitative estimate of drug-likeness (QED) is 0.556. The number of anilines is 2. The molecule has 28 heavy (non-hydrogen) atoms. The first-order valence-electron chi connectivity index (χ1n) is 10.1. The van der Waals surface area contributed by atoms with Gasteiger partial charge in [0.2, 0.25) is 5.95 Å². The van der Waals surface area contributed by atoms with Crippen molar-refractivity contribution in [3.05, 3.63) is 59.1 Å². The second-order valence-electron chi connectivity index (χ2n) is 7.77. The molecule has 1 aromatic heterocycles. The van der Waals surface area contributed by atoms with E-state index in [1.165, 1.54) is 32.1 Å². The van der Waals surface area contributed by atoms with Gasteiger partial charge in [-0.3, -0.25) is 0 Å². The number of halogens is 1. The molecule has 0 saturated heterocycles. The summed E-state index contributed by atoms with van der Waals surface area (Å²) < 4.78 is 0. The number of benzene rings is 2. The predicted octanol–water partition coefficient (Wildman–Crippen LogP) is 5.69. The zero-order valence-electron chi connectivity index (χ0n) is 16.6. The summed E-state index contributed by atoms with van der Waals surface area (Å²) in [6, 6.07) is 16.8. The van der Waals surface area contributed by atoms with E-state index in [9.17, 15) is 0 Å². The van der Waals surface area contributed by atoms with Crippen LogP contribution in [0.5, 0.6) is 0 Å². The van der Waals surface area contributed by atoms with Crippen molar-refractivity contribution < 1.29 is 0 Å². The lowest BCUT2D eigenvalue weighted by Gasteiger charge is -2.35. The summed E-state index contributed by atoms with van der Waals surface area (Å²) in [6.45, 7) is 0.732. The van der Waals surface area contributed by atoms with Gasteiger partial charge in [0.1, 0.15) is 5.82 Å². The van der Waals surface area contributed by atoms with E-state index in [1.807, 2.05) is 44.4 Å². The molecule has 0 bridgehead atoms. The van der Waals surface area contributed by atoms with Gasteiger partial charge in [-0.1, -0.05) is 61.2 Å². The van der Waals surface area contributed by atoms with Crippen LogP contribution in [0.25, 0.3) is 10.9 Å². The fourth-order valence-corrected chi connectivity index (χ4v) is 4.28. The Morgan fingerprint density at radius 1 is 0.929 bits per heavy atom. The average Bonchev–Trinajstić information content (AvgIpc) is 2.73.